The summed E-state index contributed by atoms with van der Waals surface area (Å²) in [5.74, 6) is -0.129. The van der Waals surface area contributed by atoms with Gasteiger partial charge in [-0.2, -0.15) is 5.26 Å². The highest BCUT2D eigenvalue weighted by Gasteiger charge is 2.22. The topological polar surface area (TPSA) is 94.6 Å². The molecule has 0 saturated carbocycles. The quantitative estimate of drug-likeness (QED) is 0.318. The van der Waals surface area contributed by atoms with E-state index in [0.717, 1.165) is 18.8 Å². The van der Waals surface area contributed by atoms with Crippen molar-refractivity contribution in [2.75, 3.05) is 44.2 Å². The zero-order valence-corrected chi connectivity index (χ0v) is 16.6. The number of anilines is 1. The maximum Gasteiger partial charge on any atom is 0.325 e. The number of carbonyl (C=O) groups excluding carboxylic acids is 1. The molecule has 0 amide bonds. The van der Waals surface area contributed by atoms with Crippen LogP contribution in [0.25, 0.3) is 0 Å². The molecule has 1 heterocycles. The lowest BCUT2D eigenvalue weighted by atomic mass is 10.2. The Labute approximate surface area is 169 Å². The number of ether oxygens (including phenoxy) is 1. The van der Waals surface area contributed by atoms with Crippen molar-refractivity contribution in [2.45, 2.75) is 6.92 Å². The van der Waals surface area contributed by atoms with Gasteiger partial charge in [-0.1, -0.05) is 29.9 Å². The van der Waals surface area contributed by atoms with Gasteiger partial charge in [0.1, 0.15) is 29.0 Å². The molecule has 0 atom stereocenters. The van der Waals surface area contributed by atoms with E-state index < -0.39 is 5.97 Å². The van der Waals surface area contributed by atoms with Crippen LogP contribution in [-0.2, 0) is 9.53 Å². The summed E-state index contributed by atoms with van der Waals surface area (Å²) in [6, 6.07) is 9.72. The van der Waals surface area contributed by atoms with E-state index >= 15 is 0 Å². The monoisotopic (exact) mass is 407 g/mol. The summed E-state index contributed by atoms with van der Waals surface area (Å²) in [5, 5.41) is 12.9. The van der Waals surface area contributed by atoms with E-state index in [1.165, 1.54) is 0 Å². The molecule has 1 aromatic carbocycles. The molecule has 0 unspecified atom stereocenters. The summed E-state index contributed by atoms with van der Waals surface area (Å²) >= 11 is 11.3. The first-order valence-electron chi connectivity index (χ1n) is 8.55. The standard InChI is InChI=1S/C18H22ClN5O2S/c1-2-26-16(25)12-22-18(27)15(11-20)17(21)24-8-6-23(7-9-24)14-5-3-4-13(19)10-14/h3-5,10H,2,6-9,12,21H2,1H3,(H,22,27)/b17-15-. The molecule has 7 nitrogen and oxygen atoms in total. The first-order valence-corrected chi connectivity index (χ1v) is 9.34. The number of piperazine rings is 1. The van der Waals surface area contributed by atoms with Crippen molar-refractivity contribution in [3.05, 3.63) is 40.7 Å². The minimum atomic E-state index is -0.439. The molecule has 144 valence electrons. The van der Waals surface area contributed by atoms with Gasteiger partial charge in [-0.3, -0.25) is 4.79 Å². The molecule has 1 aromatic rings. The highest BCUT2D eigenvalue weighted by atomic mass is 35.5. The van der Waals surface area contributed by atoms with Crippen molar-refractivity contribution in [1.82, 2.24) is 10.2 Å². The maximum atomic E-state index is 11.4. The lowest BCUT2D eigenvalue weighted by molar-refractivity contribution is -0.141. The van der Waals surface area contributed by atoms with Gasteiger partial charge in [0.2, 0.25) is 0 Å². The van der Waals surface area contributed by atoms with Gasteiger partial charge in [-0.15, -0.1) is 0 Å². The molecule has 1 fully saturated rings. The molecule has 0 bridgehead atoms. The van der Waals surface area contributed by atoms with Gasteiger partial charge >= 0.3 is 5.97 Å². The van der Waals surface area contributed by atoms with Gasteiger partial charge in [0.25, 0.3) is 0 Å². The molecule has 3 N–H and O–H groups in total. The van der Waals surface area contributed by atoms with Crippen molar-refractivity contribution in [2.24, 2.45) is 5.73 Å². The summed E-state index contributed by atoms with van der Waals surface area (Å²) in [7, 11) is 0. The third-order valence-electron chi connectivity index (χ3n) is 4.09. The van der Waals surface area contributed by atoms with Crippen LogP contribution >= 0.6 is 23.8 Å². The number of rotatable bonds is 6. The first kappa shape index (κ1) is 20.8. The van der Waals surface area contributed by atoms with Crippen LogP contribution in [0, 0.1) is 11.3 Å². The molecule has 1 aliphatic heterocycles. The minimum Gasteiger partial charge on any atom is -0.465 e. The predicted octanol–water partition coefficient (Wildman–Crippen LogP) is 1.64. The van der Waals surface area contributed by atoms with Gasteiger partial charge in [-0.05, 0) is 25.1 Å². The third kappa shape index (κ3) is 5.74. The van der Waals surface area contributed by atoms with Gasteiger partial charge in [-0.25, -0.2) is 0 Å². The third-order valence-corrected chi connectivity index (χ3v) is 4.67. The molecule has 9 heteroatoms. The average molecular weight is 408 g/mol. The number of esters is 1. The smallest absolute Gasteiger partial charge is 0.325 e. The number of halogens is 1. The maximum absolute atomic E-state index is 11.4. The lowest BCUT2D eigenvalue weighted by Crippen LogP contribution is -2.48. The number of nitriles is 1. The highest BCUT2D eigenvalue weighted by Crippen LogP contribution is 2.21. The Balaban J connectivity index is 1.98. The number of carbonyl (C=O) groups is 1. The van der Waals surface area contributed by atoms with Crippen LogP contribution in [0.2, 0.25) is 5.02 Å². The summed E-state index contributed by atoms with van der Waals surface area (Å²) in [4.78, 5) is 15.7. The number of hydrogen-bond acceptors (Lipinski definition) is 7. The average Bonchev–Trinajstić information content (AvgIpc) is 2.67. The summed E-state index contributed by atoms with van der Waals surface area (Å²) in [6.45, 7) is 4.67. The predicted molar refractivity (Wildman–Crippen MR) is 109 cm³/mol. The van der Waals surface area contributed by atoms with Crippen molar-refractivity contribution in [3.63, 3.8) is 0 Å². The van der Waals surface area contributed by atoms with Crippen LogP contribution in [0.5, 0.6) is 0 Å². The molecule has 0 spiro atoms. The van der Waals surface area contributed by atoms with Crippen molar-refractivity contribution < 1.29 is 9.53 Å². The molecule has 1 aliphatic rings. The van der Waals surface area contributed by atoms with Crippen LogP contribution in [0.1, 0.15) is 6.92 Å². The number of nitrogens with one attached hydrogen (secondary N) is 1. The van der Waals surface area contributed by atoms with Crippen LogP contribution in [-0.4, -0.2) is 55.2 Å². The number of hydrogen-bond donors (Lipinski definition) is 2. The number of nitrogens with two attached hydrogens (primary N) is 1. The van der Waals surface area contributed by atoms with E-state index in [4.69, 9.17) is 34.3 Å². The molecule has 0 aliphatic carbocycles. The fourth-order valence-electron chi connectivity index (χ4n) is 2.71. The Kier molecular flexibility index (Phi) is 7.70. The van der Waals surface area contributed by atoms with Crippen molar-refractivity contribution >= 4 is 40.5 Å². The van der Waals surface area contributed by atoms with Gasteiger partial charge < -0.3 is 25.6 Å². The molecule has 1 saturated heterocycles. The summed E-state index contributed by atoms with van der Waals surface area (Å²) in [5.41, 5.74) is 7.39. The Morgan fingerprint density at radius 3 is 2.70 bits per heavy atom. The number of benzene rings is 1. The fourth-order valence-corrected chi connectivity index (χ4v) is 3.12. The second-order valence-corrected chi connectivity index (χ2v) is 6.66. The Bertz CT molecular complexity index is 769. The Morgan fingerprint density at radius 2 is 2.11 bits per heavy atom. The second kappa shape index (κ2) is 10.00. The second-order valence-electron chi connectivity index (χ2n) is 5.81. The van der Waals surface area contributed by atoms with E-state index in [1.54, 1.807) is 6.92 Å². The highest BCUT2D eigenvalue weighted by molar-refractivity contribution is 7.80. The molecule has 27 heavy (non-hydrogen) atoms. The normalized spacial score (nSPS) is 14.9. The van der Waals surface area contributed by atoms with E-state index in [0.29, 0.717) is 23.9 Å². The van der Waals surface area contributed by atoms with Crippen LogP contribution in [0.4, 0.5) is 5.69 Å². The minimum absolute atomic E-state index is 0.103. The van der Waals surface area contributed by atoms with Crippen LogP contribution in [0.3, 0.4) is 0 Å². The van der Waals surface area contributed by atoms with Gasteiger partial charge in [0, 0.05) is 36.9 Å². The van der Waals surface area contributed by atoms with E-state index in [-0.39, 0.29) is 23.7 Å². The first-order chi connectivity index (χ1) is 13.0. The van der Waals surface area contributed by atoms with Gasteiger partial charge in [0.05, 0.1) is 6.61 Å². The summed E-state index contributed by atoms with van der Waals surface area (Å²) < 4.78 is 4.83. The zero-order valence-electron chi connectivity index (χ0n) is 15.1. The number of thiocarbonyl (C=S) groups is 1. The summed E-state index contributed by atoms with van der Waals surface area (Å²) in [6.07, 6.45) is 0. The fraction of sp³-hybridized carbons (Fsp3) is 0.389. The molecular formula is C18H22ClN5O2S. The molecule has 0 radical (unpaired) electrons. The van der Waals surface area contributed by atoms with E-state index in [2.05, 4.69) is 10.2 Å². The van der Waals surface area contributed by atoms with Crippen molar-refractivity contribution in [3.8, 4) is 6.07 Å². The SMILES string of the molecule is CCOC(=O)CNC(=S)/C(C#N)=C(/N)N1CCN(c2cccc(Cl)c2)CC1. The largest absolute Gasteiger partial charge is 0.465 e. The molecule has 2 rings (SSSR count). The molecular weight excluding hydrogens is 386 g/mol. The molecule has 0 aromatic heterocycles. The zero-order chi connectivity index (χ0) is 19.8. The van der Waals surface area contributed by atoms with Crippen molar-refractivity contribution in [1.29, 1.82) is 5.26 Å². The Hall–Kier alpha value is -2.50. The number of nitrogens with zero attached hydrogens (tertiary/aromatic N) is 3. The van der Waals surface area contributed by atoms with Crippen LogP contribution < -0.4 is 16.0 Å². The Morgan fingerprint density at radius 1 is 1.41 bits per heavy atom. The van der Waals surface area contributed by atoms with E-state index in [9.17, 15) is 10.1 Å². The van der Waals surface area contributed by atoms with E-state index in [1.807, 2.05) is 35.2 Å². The van der Waals surface area contributed by atoms with Crippen LogP contribution in [0.15, 0.2) is 35.7 Å². The lowest BCUT2D eigenvalue weighted by Gasteiger charge is -2.37. The van der Waals surface area contributed by atoms with Gasteiger partial charge in [0.15, 0.2) is 0 Å².